The van der Waals surface area contributed by atoms with E-state index in [4.69, 9.17) is 9.47 Å². The van der Waals surface area contributed by atoms with Crippen molar-refractivity contribution in [2.75, 3.05) is 0 Å². The Morgan fingerprint density at radius 1 is 1.07 bits per heavy atom. The van der Waals surface area contributed by atoms with Crippen molar-refractivity contribution in [2.24, 2.45) is 0 Å². The Morgan fingerprint density at radius 3 is 2.56 bits per heavy atom. The Morgan fingerprint density at radius 2 is 1.85 bits per heavy atom. The third-order valence-corrected chi connectivity index (χ3v) is 5.38. The molecule has 134 valence electrons. The average molecular weight is 376 g/mol. The number of ether oxygens (including phenoxy) is 2. The van der Waals surface area contributed by atoms with Crippen LogP contribution in [-0.4, -0.2) is 11.8 Å². The van der Waals surface area contributed by atoms with Crippen LogP contribution in [0.25, 0.3) is 6.08 Å². The summed E-state index contributed by atoms with van der Waals surface area (Å²) in [4.78, 5) is 25.9. The van der Waals surface area contributed by atoms with E-state index in [-0.39, 0.29) is 11.5 Å². The molecule has 0 atom stereocenters. The Kier molecular flexibility index (Phi) is 4.38. The van der Waals surface area contributed by atoms with E-state index in [1.54, 1.807) is 60.7 Å². The maximum Gasteiger partial charge on any atom is 0.343 e. The van der Waals surface area contributed by atoms with Crippen molar-refractivity contribution < 1.29 is 19.1 Å². The van der Waals surface area contributed by atoms with Gasteiger partial charge in [0.25, 0.3) is 0 Å². The van der Waals surface area contributed by atoms with E-state index in [0.29, 0.717) is 28.2 Å². The molecule has 4 nitrogen and oxygen atoms in total. The first-order valence-electron chi connectivity index (χ1n) is 8.44. The summed E-state index contributed by atoms with van der Waals surface area (Å²) in [5.41, 5.74) is 2.65. The summed E-state index contributed by atoms with van der Waals surface area (Å²) in [5, 5.41) is 1.97. The molecule has 0 N–H and O–H groups in total. The molecule has 1 aliphatic rings. The van der Waals surface area contributed by atoms with Crippen LogP contribution in [0.2, 0.25) is 0 Å². The predicted molar refractivity (Wildman–Crippen MR) is 105 cm³/mol. The molecule has 27 heavy (non-hydrogen) atoms. The number of Topliss-reactive ketones (excluding diaryl/α,β-unsaturated/α-hetero) is 1. The molecule has 1 aliphatic heterocycles. The zero-order valence-corrected chi connectivity index (χ0v) is 15.6. The lowest BCUT2D eigenvalue weighted by molar-refractivity contribution is 0.0733. The fourth-order valence-corrected chi connectivity index (χ4v) is 3.71. The van der Waals surface area contributed by atoms with Gasteiger partial charge in [-0.15, -0.1) is 11.3 Å². The largest absolute Gasteiger partial charge is 0.452 e. The van der Waals surface area contributed by atoms with Crippen LogP contribution in [0.4, 0.5) is 0 Å². The highest BCUT2D eigenvalue weighted by Gasteiger charge is 2.30. The number of esters is 1. The highest BCUT2D eigenvalue weighted by molar-refractivity contribution is 7.11. The Bertz CT molecular complexity index is 1080. The molecule has 3 aromatic rings. The normalized spacial score (nSPS) is 14.1. The van der Waals surface area contributed by atoms with Gasteiger partial charge in [0, 0.05) is 16.5 Å². The lowest BCUT2D eigenvalue weighted by atomic mass is 10.1. The maximum atomic E-state index is 12.6. The van der Waals surface area contributed by atoms with Gasteiger partial charge < -0.3 is 9.47 Å². The van der Waals surface area contributed by atoms with Gasteiger partial charge in [-0.3, -0.25) is 4.79 Å². The van der Waals surface area contributed by atoms with Gasteiger partial charge >= 0.3 is 5.97 Å². The van der Waals surface area contributed by atoms with E-state index in [0.717, 1.165) is 10.4 Å². The van der Waals surface area contributed by atoms with Crippen molar-refractivity contribution in [1.29, 1.82) is 0 Å². The van der Waals surface area contributed by atoms with Crippen LogP contribution < -0.4 is 9.47 Å². The number of ketones is 1. The third kappa shape index (κ3) is 3.17. The highest BCUT2D eigenvalue weighted by Crippen LogP contribution is 2.39. The molecule has 0 spiro atoms. The van der Waals surface area contributed by atoms with Gasteiger partial charge in [-0.1, -0.05) is 18.2 Å². The molecule has 1 aromatic heterocycles. The summed E-state index contributed by atoms with van der Waals surface area (Å²) in [5.74, 6) is 0.489. The zero-order valence-electron chi connectivity index (χ0n) is 14.8. The number of carbonyl (C=O) groups is 2. The number of thiophene rings is 1. The predicted octanol–water partition coefficient (Wildman–Crippen LogP) is 5.20. The molecule has 2 heterocycles. The first-order valence-corrected chi connectivity index (χ1v) is 9.31. The fraction of sp³-hybridized carbons (Fsp3) is 0.0909. The van der Waals surface area contributed by atoms with E-state index in [1.807, 2.05) is 24.4 Å². The first kappa shape index (κ1) is 17.2. The number of aryl methyl sites for hydroxylation is 1. The Hall–Kier alpha value is -3.18. The molecule has 2 aromatic carbocycles. The smallest absolute Gasteiger partial charge is 0.343 e. The summed E-state index contributed by atoms with van der Waals surface area (Å²) >= 11 is 1.55. The van der Waals surface area contributed by atoms with Crippen molar-refractivity contribution in [3.63, 3.8) is 0 Å². The van der Waals surface area contributed by atoms with Crippen LogP contribution in [0.15, 0.2) is 59.7 Å². The molecule has 0 saturated heterocycles. The SMILES string of the molecule is Cc1ccsc1/C=C1\Oc2c(ccc(OC(=O)c3ccccc3)c2C)C1=O. The van der Waals surface area contributed by atoms with E-state index in [1.165, 1.54) is 0 Å². The van der Waals surface area contributed by atoms with Gasteiger partial charge in [-0.2, -0.15) is 0 Å². The lowest BCUT2D eigenvalue weighted by Gasteiger charge is -2.10. The molecule has 0 unspecified atom stereocenters. The molecule has 5 heteroatoms. The molecule has 0 saturated carbocycles. The summed E-state index contributed by atoms with van der Waals surface area (Å²) in [7, 11) is 0. The monoisotopic (exact) mass is 376 g/mol. The van der Waals surface area contributed by atoms with Crippen LogP contribution in [0.3, 0.4) is 0 Å². The van der Waals surface area contributed by atoms with E-state index in [9.17, 15) is 9.59 Å². The quantitative estimate of drug-likeness (QED) is 0.358. The topological polar surface area (TPSA) is 52.6 Å². The molecule has 0 bridgehead atoms. The Balaban J connectivity index is 1.63. The molecule has 4 rings (SSSR count). The molecule has 0 amide bonds. The van der Waals surface area contributed by atoms with Crippen molar-refractivity contribution >= 4 is 29.2 Å². The van der Waals surface area contributed by atoms with E-state index < -0.39 is 5.97 Å². The van der Waals surface area contributed by atoms with Gasteiger partial charge in [-0.05, 0) is 55.1 Å². The van der Waals surface area contributed by atoms with Gasteiger partial charge in [0.05, 0.1) is 11.1 Å². The standard InChI is InChI=1S/C22H16O4S/c1-13-10-11-27-19(13)12-18-20(23)16-8-9-17(14(2)21(16)25-18)26-22(24)15-6-4-3-5-7-15/h3-12H,1-2H3/b18-12-. The molecule has 0 fully saturated rings. The van der Waals surface area contributed by atoms with Crippen LogP contribution in [0.5, 0.6) is 11.5 Å². The Labute approximate surface area is 160 Å². The summed E-state index contributed by atoms with van der Waals surface area (Å²) in [6.45, 7) is 3.76. The molecule has 0 radical (unpaired) electrons. The van der Waals surface area contributed by atoms with Gasteiger partial charge in [-0.25, -0.2) is 4.79 Å². The van der Waals surface area contributed by atoms with E-state index in [2.05, 4.69) is 0 Å². The summed E-state index contributed by atoms with van der Waals surface area (Å²) in [6.07, 6.45) is 1.76. The van der Waals surface area contributed by atoms with Crippen molar-refractivity contribution in [1.82, 2.24) is 0 Å². The molecular formula is C22H16O4S. The number of hydrogen-bond donors (Lipinski definition) is 0. The van der Waals surface area contributed by atoms with Crippen molar-refractivity contribution in [2.45, 2.75) is 13.8 Å². The van der Waals surface area contributed by atoms with Crippen molar-refractivity contribution in [3.8, 4) is 11.5 Å². The fourth-order valence-electron chi connectivity index (χ4n) is 2.86. The lowest BCUT2D eigenvalue weighted by Crippen LogP contribution is -2.09. The van der Waals surface area contributed by atoms with Gasteiger partial charge in [0.1, 0.15) is 11.5 Å². The third-order valence-electron chi connectivity index (χ3n) is 4.41. The second-order valence-electron chi connectivity index (χ2n) is 6.23. The molecule has 0 aliphatic carbocycles. The second-order valence-corrected chi connectivity index (χ2v) is 7.18. The number of allylic oxidation sites excluding steroid dienone is 1. The van der Waals surface area contributed by atoms with Gasteiger partial charge in [0.2, 0.25) is 5.78 Å². The number of hydrogen-bond acceptors (Lipinski definition) is 5. The second kappa shape index (κ2) is 6.85. The minimum Gasteiger partial charge on any atom is -0.452 e. The van der Waals surface area contributed by atoms with Crippen molar-refractivity contribution in [3.05, 3.63) is 86.8 Å². The summed E-state index contributed by atoms with van der Waals surface area (Å²) in [6, 6.07) is 14.0. The zero-order chi connectivity index (χ0) is 19.0. The van der Waals surface area contributed by atoms with Gasteiger partial charge in [0.15, 0.2) is 5.76 Å². The van der Waals surface area contributed by atoms with Crippen LogP contribution in [0, 0.1) is 13.8 Å². The minimum absolute atomic E-state index is 0.165. The first-order chi connectivity index (χ1) is 13.0. The number of benzene rings is 2. The maximum absolute atomic E-state index is 12.6. The summed E-state index contributed by atoms with van der Waals surface area (Å²) < 4.78 is 11.3. The van der Waals surface area contributed by atoms with Crippen LogP contribution in [-0.2, 0) is 0 Å². The number of rotatable bonds is 3. The van der Waals surface area contributed by atoms with Crippen LogP contribution >= 0.6 is 11.3 Å². The van der Waals surface area contributed by atoms with E-state index >= 15 is 0 Å². The average Bonchev–Trinajstić information content (AvgIpc) is 3.22. The van der Waals surface area contributed by atoms with Crippen LogP contribution in [0.1, 0.15) is 36.7 Å². The number of carbonyl (C=O) groups excluding carboxylic acids is 2. The molecular weight excluding hydrogens is 360 g/mol. The minimum atomic E-state index is -0.451. The number of fused-ring (bicyclic) bond motifs is 1. The highest BCUT2D eigenvalue weighted by atomic mass is 32.1.